The number of hydrogen-bond acceptors (Lipinski definition) is 4. The Kier molecular flexibility index (Phi) is 1.46. The van der Waals surface area contributed by atoms with E-state index in [1.807, 2.05) is 5.32 Å². The molecule has 0 saturated carbocycles. The molecule has 0 aromatic heterocycles. The molecule has 10 heavy (non-hydrogen) atoms. The summed E-state index contributed by atoms with van der Waals surface area (Å²) in [5.74, 6) is -1.03. The maximum Gasteiger partial charge on any atom is 0.249 e. The zero-order valence-corrected chi connectivity index (χ0v) is 5.26. The molecule has 1 fully saturated rings. The summed E-state index contributed by atoms with van der Waals surface area (Å²) < 4.78 is 0. The van der Waals surface area contributed by atoms with E-state index in [0.29, 0.717) is 0 Å². The van der Waals surface area contributed by atoms with Crippen LogP contribution in [0.25, 0.3) is 0 Å². The second-order valence-electron chi connectivity index (χ2n) is 2.37. The summed E-state index contributed by atoms with van der Waals surface area (Å²) in [5.41, 5.74) is 3.93. The van der Waals surface area contributed by atoms with E-state index in [1.165, 1.54) is 0 Å². The largest absolute Gasteiger partial charge is 0.394 e. The summed E-state index contributed by atoms with van der Waals surface area (Å²) in [7, 11) is 0. The zero-order valence-electron chi connectivity index (χ0n) is 5.26. The molecular formula is C5H8N2O3. The van der Waals surface area contributed by atoms with Crippen LogP contribution >= 0.6 is 0 Å². The van der Waals surface area contributed by atoms with E-state index in [-0.39, 0.29) is 6.42 Å². The number of aliphatic hydroxyl groups is 1. The highest BCUT2D eigenvalue weighted by molar-refractivity contribution is 6.08. The van der Waals surface area contributed by atoms with Crippen molar-refractivity contribution in [2.45, 2.75) is 12.0 Å². The normalized spacial score (nSPS) is 32.6. The Bertz CT molecular complexity index is 191. The van der Waals surface area contributed by atoms with Gasteiger partial charge in [0.15, 0.2) is 0 Å². The maximum atomic E-state index is 10.7. The molecule has 1 atom stereocenters. The number of carbonyl (C=O) groups excluding carboxylic acids is 2. The molecular weight excluding hydrogens is 136 g/mol. The smallest absolute Gasteiger partial charge is 0.249 e. The first-order valence-electron chi connectivity index (χ1n) is 2.82. The van der Waals surface area contributed by atoms with Gasteiger partial charge in [-0.15, -0.1) is 0 Å². The van der Waals surface area contributed by atoms with Gasteiger partial charge in [0, 0.05) is 0 Å². The van der Waals surface area contributed by atoms with Crippen LogP contribution in [0.4, 0.5) is 0 Å². The number of carbonyl (C=O) groups is 2. The Balaban J connectivity index is 2.80. The molecule has 2 amide bonds. The van der Waals surface area contributed by atoms with Crippen LogP contribution in [0.15, 0.2) is 0 Å². The van der Waals surface area contributed by atoms with Gasteiger partial charge in [0.1, 0.15) is 5.54 Å². The van der Waals surface area contributed by atoms with Gasteiger partial charge in [0.25, 0.3) is 0 Å². The Morgan fingerprint density at radius 1 is 1.70 bits per heavy atom. The third-order valence-electron chi connectivity index (χ3n) is 1.46. The number of imide groups is 1. The van der Waals surface area contributed by atoms with Gasteiger partial charge in [-0.1, -0.05) is 0 Å². The third kappa shape index (κ3) is 0.891. The van der Waals surface area contributed by atoms with Gasteiger partial charge in [-0.25, -0.2) is 0 Å². The second kappa shape index (κ2) is 2.03. The minimum absolute atomic E-state index is 0.123. The molecule has 4 N–H and O–H groups in total. The molecule has 1 saturated heterocycles. The van der Waals surface area contributed by atoms with Crippen molar-refractivity contribution in [2.24, 2.45) is 5.73 Å². The summed E-state index contributed by atoms with van der Waals surface area (Å²) in [6.45, 7) is -0.495. The Hall–Kier alpha value is -0.940. The molecule has 0 spiro atoms. The fourth-order valence-corrected chi connectivity index (χ4v) is 0.790. The molecule has 5 nitrogen and oxygen atoms in total. The minimum atomic E-state index is -1.38. The van der Waals surface area contributed by atoms with Crippen LogP contribution in [0.5, 0.6) is 0 Å². The highest BCUT2D eigenvalue weighted by atomic mass is 16.3. The van der Waals surface area contributed by atoms with Gasteiger partial charge in [0.2, 0.25) is 11.8 Å². The summed E-state index contributed by atoms with van der Waals surface area (Å²) in [6.07, 6.45) is -0.123. The van der Waals surface area contributed by atoms with E-state index >= 15 is 0 Å². The van der Waals surface area contributed by atoms with Crippen LogP contribution in [-0.2, 0) is 9.59 Å². The van der Waals surface area contributed by atoms with Crippen molar-refractivity contribution in [2.75, 3.05) is 6.61 Å². The van der Waals surface area contributed by atoms with Gasteiger partial charge in [-0.3, -0.25) is 14.9 Å². The molecule has 1 rings (SSSR count). The number of nitrogens with two attached hydrogens (primary N) is 1. The summed E-state index contributed by atoms with van der Waals surface area (Å²) in [6, 6.07) is 0. The molecule has 0 aromatic carbocycles. The molecule has 0 aliphatic carbocycles. The topological polar surface area (TPSA) is 92.4 Å². The molecule has 56 valence electrons. The fraction of sp³-hybridized carbons (Fsp3) is 0.600. The van der Waals surface area contributed by atoms with E-state index in [4.69, 9.17) is 10.8 Å². The second-order valence-corrected chi connectivity index (χ2v) is 2.37. The van der Waals surface area contributed by atoms with Crippen LogP contribution in [0.3, 0.4) is 0 Å². The molecule has 1 aliphatic rings. The molecule has 5 heteroatoms. The fourth-order valence-electron chi connectivity index (χ4n) is 0.790. The number of aliphatic hydroxyl groups excluding tert-OH is 1. The molecule has 1 aliphatic heterocycles. The lowest BCUT2D eigenvalue weighted by Crippen LogP contribution is -2.50. The Labute approximate surface area is 57.2 Å². The number of rotatable bonds is 1. The molecule has 0 aromatic rings. The van der Waals surface area contributed by atoms with Crippen LogP contribution in [0, 0.1) is 0 Å². The first-order chi connectivity index (χ1) is 4.58. The van der Waals surface area contributed by atoms with Crippen molar-refractivity contribution in [1.82, 2.24) is 5.32 Å². The average molecular weight is 144 g/mol. The van der Waals surface area contributed by atoms with Gasteiger partial charge in [0.05, 0.1) is 13.0 Å². The first-order valence-corrected chi connectivity index (χ1v) is 2.82. The van der Waals surface area contributed by atoms with Crippen molar-refractivity contribution in [3.8, 4) is 0 Å². The average Bonchev–Trinajstić information content (AvgIpc) is 2.09. The highest BCUT2D eigenvalue weighted by Gasteiger charge is 2.42. The van der Waals surface area contributed by atoms with Crippen LogP contribution in [0.2, 0.25) is 0 Å². The lowest BCUT2D eigenvalue weighted by atomic mass is 10.0. The van der Waals surface area contributed by atoms with Crippen molar-refractivity contribution in [3.63, 3.8) is 0 Å². The van der Waals surface area contributed by atoms with E-state index in [2.05, 4.69) is 0 Å². The van der Waals surface area contributed by atoms with Gasteiger partial charge in [-0.05, 0) is 0 Å². The summed E-state index contributed by atoms with van der Waals surface area (Å²) in [5, 5.41) is 10.6. The Morgan fingerprint density at radius 3 is 2.50 bits per heavy atom. The number of amides is 2. The van der Waals surface area contributed by atoms with E-state index < -0.39 is 24.0 Å². The lowest BCUT2D eigenvalue weighted by Gasteiger charge is -2.14. The predicted molar refractivity (Wildman–Crippen MR) is 31.8 cm³/mol. The SMILES string of the molecule is NC1(CO)CC(=O)NC1=O. The lowest BCUT2D eigenvalue weighted by molar-refractivity contribution is -0.126. The van der Waals surface area contributed by atoms with Gasteiger partial charge < -0.3 is 10.8 Å². The first kappa shape index (κ1) is 7.17. The zero-order chi connectivity index (χ0) is 7.78. The molecule has 0 radical (unpaired) electrons. The number of hydrogen-bond donors (Lipinski definition) is 3. The van der Waals surface area contributed by atoms with Crippen LogP contribution in [-0.4, -0.2) is 29.1 Å². The summed E-state index contributed by atoms with van der Waals surface area (Å²) >= 11 is 0. The summed E-state index contributed by atoms with van der Waals surface area (Å²) in [4.78, 5) is 21.2. The van der Waals surface area contributed by atoms with Gasteiger partial charge in [-0.2, -0.15) is 0 Å². The van der Waals surface area contributed by atoms with Crippen LogP contribution in [0.1, 0.15) is 6.42 Å². The van der Waals surface area contributed by atoms with Crippen molar-refractivity contribution in [1.29, 1.82) is 0 Å². The van der Waals surface area contributed by atoms with E-state index in [1.54, 1.807) is 0 Å². The molecule has 1 heterocycles. The number of nitrogens with one attached hydrogen (secondary N) is 1. The van der Waals surface area contributed by atoms with Crippen molar-refractivity contribution in [3.05, 3.63) is 0 Å². The highest BCUT2D eigenvalue weighted by Crippen LogP contribution is 2.11. The molecule has 0 bridgehead atoms. The quantitative estimate of drug-likeness (QED) is 0.361. The van der Waals surface area contributed by atoms with E-state index in [0.717, 1.165) is 0 Å². The van der Waals surface area contributed by atoms with E-state index in [9.17, 15) is 9.59 Å². The predicted octanol–water partition coefficient (Wildman–Crippen LogP) is -2.28. The van der Waals surface area contributed by atoms with Crippen molar-refractivity contribution >= 4 is 11.8 Å². The standard InChI is InChI=1S/C5H8N2O3/c6-5(2-8)1-3(9)7-4(5)10/h8H,1-2,6H2,(H,7,9,10). The van der Waals surface area contributed by atoms with Crippen LogP contribution < -0.4 is 11.1 Å². The van der Waals surface area contributed by atoms with Crippen molar-refractivity contribution < 1.29 is 14.7 Å². The minimum Gasteiger partial charge on any atom is -0.394 e. The monoisotopic (exact) mass is 144 g/mol. The third-order valence-corrected chi connectivity index (χ3v) is 1.46. The van der Waals surface area contributed by atoms with Gasteiger partial charge >= 0.3 is 0 Å². The molecule has 1 unspecified atom stereocenters. The Morgan fingerprint density at radius 2 is 2.30 bits per heavy atom. The maximum absolute atomic E-state index is 10.7.